The number of hydrogen-bond donors (Lipinski definition) is 1. The highest BCUT2D eigenvalue weighted by atomic mass is 16.3. The third kappa shape index (κ3) is 2.49. The molecule has 20 heavy (non-hydrogen) atoms. The molecule has 1 nitrogen and oxygen atoms in total. The molecule has 0 aliphatic carbocycles. The fourth-order valence-electron chi connectivity index (χ4n) is 2.43. The van der Waals surface area contributed by atoms with E-state index < -0.39 is 0 Å². The first-order valence-electron chi connectivity index (χ1n) is 6.73. The molecule has 3 aromatic rings. The third-order valence-electron chi connectivity index (χ3n) is 3.47. The normalized spacial score (nSPS) is 10.4. The van der Waals surface area contributed by atoms with Crippen molar-refractivity contribution < 1.29 is 5.11 Å². The van der Waals surface area contributed by atoms with Crippen molar-refractivity contribution in [3.05, 3.63) is 84.4 Å². The van der Waals surface area contributed by atoms with E-state index in [1.807, 2.05) is 36.4 Å². The van der Waals surface area contributed by atoms with E-state index >= 15 is 0 Å². The maximum absolute atomic E-state index is 9.65. The van der Waals surface area contributed by atoms with E-state index in [0.717, 1.165) is 22.3 Å². The molecular formula is C19H16O. The Bertz CT molecular complexity index is 687. The van der Waals surface area contributed by atoms with Crippen molar-refractivity contribution in [2.45, 2.75) is 6.61 Å². The van der Waals surface area contributed by atoms with Crippen molar-refractivity contribution in [3.8, 4) is 22.3 Å². The van der Waals surface area contributed by atoms with E-state index in [1.165, 1.54) is 5.56 Å². The van der Waals surface area contributed by atoms with Crippen molar-refractivity contribution >= 4 is 0 Å². The van der Waals surface area contributed by atoms with E-state index in [0.29, 0.717) is 0 Å². The molecule has 0 radical (unpaired) electrons. The molecule has 0 atom stereocenters. The maximum Gasteiger partial charge on any atom is 0.0688 e. The fourth-order valence-corrected chi connectivity index (χ4v) is 2.43. The minimum absolute atomic E-state index is 0.0465. The first-order chi connectivity index (χ1) is 9.88. The van der Waals surface area contributed by atoms with Gasteiger partial charge in [0.2, 0.25) is 0 Å². The molecule has 1 heteroatoms. The van der Waals surface area contributed by atoms with Crippen molar-refractivity contribution in [2.75, 3.05) is 0 Å². The largest absolute Gasteiger partial charge is 0.392 e. The summed E-state index contributed by atoms with van der Waals surface area (Å²) in [7, 11) is 0. The van der Waals surface area contributed by atoms with Gasteiger partial charge in [-0.1, -0.05) is 72.8 Å². The number of aliphatic hydroxyl groups is 1. The molecule has 0 amide bonds. The van der Waals surface area contributed by atoms with Crippen LogP contribution in [0.25, 0.3) is 22.3 Å². The van der Waals surface area contributed by atoms with Crippen LogP contribution in [0.3, 0.4) is 0 Å². The monoisotopic (exact) mass is 260 g/mol. The summed E-state index contributed by atoms with van der Waals surface area (Å²) in [6.45, 7) is 0.0465. The molecule has 0 fully saturated rings. The van der Waals surface area contributed by atoms with Gasteiger partial charge in [0.15, 0.2) is 0 Å². The zero-order valence-corrected chi connectivity index (χ0v) is 11.2. The average Bonchev–Trinajstić information content (AvgIpc) is 2.56. The van der Waals surface area contributed by atoms with E-state index in [2.05, 4.69) is 42.5 Å². The molecule has 0 unspecified atom stereocenters. The molecule has 0 saturated heterocycles. The molecule has 0 aliphatic rings. The molecule has 3 aromatic carbocycles. The lowest BCUT2D eigenvalue weighted by atomic mass is 9.95. The molecule has 0 heterocycles. The van der Waals surface area contributed by atoms with Crippen LogP contribution in [0.1, 0.15) is 5.56 Å². The van der Waals surface area contributed by atoms with Crippen LogP contribution in [0.5, 0.6) is 0 Å². The van der Waals surface area contributed by atoms with Crippen LogP contribution in [0.4, 0.5) is 0 Å². The smallest absolute Gasteiger partial charge is 0.0688 e. The van der Waals surface area contributed by atoms with Gasteiger partial charge >= 0.3 is 0 Å². The van der Waals surface area contributed by atoms with Crippen molar-refractivity contribution in [2.24, 2.45) is 0 Å². The summed E-state index contributed by atoms with van der Waals surface area (Å²) >= 11 is 0. The molecule has 98 valence electrons. The van der Waals surface area contributed by atoms with Gasteiger partial charge < -0.3 is 5.11 Å². The van der Waals surface area contributed by atoms with E-state index in [9.17, 15) is 5.11 Å². The number of benzene rings is 3. The van der Waals surface area contributed by atoms with Gasteiger partial charge in [0.05, 0.1) is 6.61 Å². The highest BCUT2D eigenvalue weighted by Gasteiger charge is 2.06. The minimum atomic E-state index is 0.0465. The van der Waals surface area contributed by atoms with Crippen LogP contribution >= 0.6 is 0 Å². The Balaban J connectivity index is 2.07. The molecule has 3 rings (SSSR count). The molecule has 1 N–H and O–H groups in total. The van der Waals surface area contributed by atoms with Crippen LogP contribution < -0.4 is 0 Å². The second-order valence-electron chi connectivity index (χ2n) is 4.76. The summed E-state index contributed by atoms with van der Waals surface area (Å²) < 4.78 is 0. The van der Waals surface area contributed by atoms with E-state index in [-0.39, 0.29) is 6.61 Å². The van der Waals surface area contributed by atoms with Crippen LogP contribution in [-0.4, -0.2) is 5.11 Å². The Morgan fingerprint density at radius 1 is 0.600 bits per heavy atom. The van der Waals surface area contributed by atoms with Crippen LogP contribution in [0.15, 0.2) is 78.9 Å². The summed E-state index contributed by atoms with van der Waals surface area (Å²) in [5.74, 6) is 0. The van der Waals surface area contributed by atoms with E-state index in [1.54, 1.807) is 0 Å². The van der Waals surface area contributed by atoms with Gasteiger partial charge in [0.1, 0.15) is 0 Å². The molecule has 0 saturated carbocycles. The van der Waals surface area contributed by atoms with Gasteiger partial charge in [-0.15, -0.1) is 0 Å². The lowest BCUT2D eigenvalue weighted by Crippen LogP contribution is -1.91. The summed E-state index contributed by atoms with van der Waals surface area (Å²) in [6, 6.07) is 26.7. The Labute approximate surface area is 119 Å². The Morgan fingerprint density at radius 2 is 1.20 bits per heavy atom. The Morgan fingerprint density at radius 3 is 1.80 bits per heavy atom. The molecule has 0 aromatic heterocycles. The first-order valence-corrected chi connectivity index (χ1v) is 6.73. The lowest BCUT2D eigenvalue weighted by Gasteiger charge is -2.10. The number of rotatable bonds is 3. The van der Waals surface area contributed by atoms with Crippen LogP contribution in [0.2, 0.25) is 0 Å². The summed E-state index contributed by atoms with van der Waals surface area (Å²) in [5, 5.41) is 9.65. The predicted octanol–water partition coefficient (Wildman–Crippen LogP) is 4.51. The second-order valence-corrected chi connectivity index (χ2v) is 4.76. The SMILES string of the molecule is OCc1cc(-c2ccccc2)ccc1-c1ccccc1. The Hall–Kier alpha value is -2.38. The summed E-state index contributed by atoms with van der Waals surface area (Å²) in [4.78, 5) is 0. The molecule has 0 bridgehead atoms. The highest BCUT2D eigenvalue weighted by Crippen LogP contribution is 2.28. The van der Waals surface area contributed by atoms with Crippen molar-refractivity contribution in [3.63, 3.8) is 0 Å². The van der Waals surface area contributed by atoms with E-state index in [4.69, 9.17) is 0 Å². The molecule has 0 spiro atoms. The van der Waals surface area contributed by atoms with Crippen molar-refractivity contribution in [1.29, 1.82) is 0 Å². The van der Waals surface area contributed by atoms with Crippen LogP contribution in [-0.2, 0) is 6.61 Å². The highest BCUT2D eigenvalue weighted by molar-refractivity contribution is 5.73. The van der Waals surface area contributed by atoms with Gasteiger partial charge in [0.25, 0.3) is 0 Å². The standard InChI is InChI=1S/C19H16O/c20-14-18-13-17(15-7-3-1-4-8-15)11-12-19(18)16-9-5-2-6-10-16/h1-13,20H,14H2. The number of hydrogen-bond acceptors (Lipinski definition) is 1. The summed E-state index contributed by atoms with van der Waals surface area (Å²) in [6.07, 6.45) is 0. The topological polar surface area (TPSA) is 20.2 Å². The summed E-state index contributed by atoms with van der Waals surface area (Å²) in [5.41, 5.74) is 5.48. The van der Waals surface area contributed by atoms with Gasteiger partial charge in [-0.2, -0.15) is 0 Å². The lowest BCUT2D eigenvalue weighted by molar-refractivity contribution is 0.282. The first kappa shape index (κ1) is 12.6. The number of aliphatic hydroxyl groups excluding tert-OH is 1. The maximum atomic E-state index is 9.65. The predicted molar refractivity (Wildman–Crippen MR) is 83.2 cm³/mol. The molecular weight excluding hydrogens is 244 g/mol. The minimum Gasteiger partial charge on any atom is -0.392 e. The van der Waals surface area contributed by atoms with Gasteiger partial charge in [-0.25, -0.2) is 0 Å². The second kappa shape index (κ2) is 5.72. The van der Waals surface area contributed by atoms with Gasteiger partial charge in [-0.05, 0) is 33.9 Å². The zero-order chi connectivity index (χ0) is 13.8. The third-order valence-corrected chi connectivity index (χ3v) is 3.47. The quantitative estimate of drug-likeness (QED) is 0.734. The average molecular weight is 260 g/mol. The molecule has 0 aliphatic heterocycles. The zero-order valence-electron chi connectivity index (χ0n) is 11.2. The van der Waals surface area contributed by atoms with Crippen LogP contribution in [0, 0.1) is 0 Å². The van der Waals surface area contributed by atoms with Gasteiger partial charge in [-0.3, -0.25) is 0 Å². The van der Waals surface area contributed by atoms with Crippen molar-refractivity contribution in [1.82, 2.24) is 0 Å². The Kier molecular flexibility index (Phi) is 3.62. The fraction of sp³-hybridized carbons (Fsp3) is 0.0526. The van der Waals surface area contributed by atoms with Gasteiger partial charge in [0, 0.05) is 0 Å².